The summed E-state index contributed by atoms with van der Waals surface area (Å²) >= 11 is 11.9. The summed E-state index contributed by atoms with van der Waals surface area (Å²) in [7, 11) is 1.62. The van der Waals surface area contributed by atoms with Gasteiger partial charge < -0.3 is 15.4 Å². The van der Waals surface area contributed by atoms with Crippen LogP contribution in [0.2, 0.25) is 10.0 Å². The van der Waals surface area contributed by atoms with Crippen molar-refractivity contribution in [2.24, 2.45) is 0 Å². The molecule has 2 rings (SSSR count). The number of benzene rings is 1. The monoisotopic (exact) mass is 302 g/mol. The van der Waals surface area contributed by atoms with Crippen molar-refractivity contribution in [3.63, 3.8) is 0 Å². The van der Waals surface area contributed by atoms with Gasteiger partial charge in [-0.1, -0.05) is 23.2 Å². The number of rotatable bonds is 5. The average Bonchev–Trinajstić information content (AvgIpc) is 3.20. The fourth-order valence-corrected chi connectivity index (χ4v) is 2.26. The summed E-state index contributed by atoms with van der Waals surface area (Å²) in [6.07, 6.45) is 2.07. The Morgan fingerprint density at radius 3 is 2.68 bits per heavy atom. The first-order chi connectivity index (χ1) is 9.04. The van der Waals surface area contributed by atoms with Gasteiger partial charge in [0, 0.05) is 25.3 Å². The van der Waals surface area contributed by atoms with Crippen molar-refractivity contribution in [3.8, 4) is 0 Å². The average molecular weight is 303 g/mol. The highest BCUT2D eigenvalue weighted by atomic mass is 35.5. The maximum Gasteiger partial charge on any atom is 0.254 e. The summed E-state index contributed by atoms with van der Waals surface area (Å²) in [5.41, 5.74) is 6.53. The van der Waals surface area contributed by atoms with Gasteiger partial charge in [-0.15, -0.1) is 0 Å². The number of carbonyl (C=O) groups is 1. The Labute approximate surface area is 122 Å². The zero-order chi connectivity index (χ0) is 14.0. The van der Waals surface area contributed by atoms with E-state index >= 15 is 0 Å². The van der Waals surface area contributed by atoms with Gasteiger partial charge in [0.25, 0.3) is 5.91 Å². The minimum atomic E-state index is -0.0789. The molecule has 1 fully saturated rings. The van der Waals surface area contributed by atoms with E-state index in [0.717, 1.165) is 12.8 Å². The van der Waals surface area contributed by atoms with Gasteiger partial charge in [-0.25, -0.2) is 0 Å². The quantitative estimate of drug-likeness (QED) is 0.851. The lowest BCUT2D eigenvalue weighted by molar-refractivity contribution is 0.0680. The molecule has 0 saturated heterocycles. The number of nitrogens with zero attached hydrogens (tertiary/aromatic N) is 1. The standard InChI is InChI=1S/C13H16Cl2N2O2/c1-19-5-4-17(9-2-3-9)13(18)8-6-10(14)12(15)11(16)7-8/h6-7,9H,2-5,16H2,1H3. The summed E-state index contributed by atoms with van der Waals surface area (Å²) in [5.74, 6) is -0.0789. The first kappa shape index (κ1) is 14.4. The van der Waals surface area contributed by atoms with Crippen molar-refractivity contribution in [2.75, 3.05) is 26.0 Å². The lowest BCUT2D eigenvalue weighted by Crippen LogP contribution is -2.35. The molecule has 4 nitrogen and oxygen atoms in total. The summed E-state index contributed by atoms with van der Waals surface area (Å²) in [5, 5.41) is 0.584. The highest BCUT2D eigenvalue weighted by Gasteiger charge is 2.33. The third-order valence-corrected chi connectivity index (χ3v) is 3.90. The van der Waals surface area contributed by atoms with E-state index in [2.05, 4.69) is 0 Å². The fraction of sp³-hybridized carbons (Fsp3) is 0.462. The Bertz CT molecular complexity index is 467. The van der Waals surface area contributed by atoms with Gasteiger partial charge in [-0.05, 0) is 25.0 Å². The van der Waals surface area contributed by atoms with Gasteiger partial charge in [-0.3, -0.25) is 4.79 Å². The van der Waals surface area contributed by atoms with E-state index < -0.39 is 0 Å². The van der Waals surface area contributed by atoms with Crippen LogP contribution in [0.25, 0.3) is 0 Å². The van der Waals surface area contributed by atoms with Gasteiger partial charge in [0.2, 0.25) is 0 Å². The third-order valence-electron chi connectivity index (χ3n) is 3.09. The fourth-order valence-electron chi connectivity index (χ4n) is 1.93. The maximum absolute atomic E-state index is 12.5. The molecule has 2 N–H and O–H groups in total. The second-order valence-corrected chi connectivity index (χ2v) is 5.37. The lowest BCUT2D eigenvalue weighted by atomic mass is 10.1. The van der Waals surface area contributed by atoms with Crippen molar-refractivity contribution in [1.82, 2.24) is 4.90 Å². The SMILES string of the molecule is COCCN(C(=O)c1cc(N)c(Cl)c(Cl)c1)C1CC1. The van der Waals surface area contributed by atoms with Crippen LogP contribution in [0.1, 0.15) is 23.2 Å². The molecule has 0 unspecified atom stereocenters. The summed E-state index contributed by atoms with van der Waals surface area (Å²) < 4.78 is 5.04. The van der Waals surface area contributed by atoms with Crippen LogP contribution in [0, 0.1) is 0 Å². The number of ether oxygens (including phenoxy) is 1. The highest BCUT2D eigenvalue weighted by Crippen LogP contribution is 2.32. The minimum absolute atomic E-state index is 0.0789. The van der Waals surface area contributed by atoms with Gasteiger partial charge >= 0.3 is 0 Å². The molecule has 0 heterocycles. The van der Waals surface area contributed by atoms with Crippen LogP contribution in [0.15, 0.2) is 12.1 Å². The van der Waals surface area contributed by atoms with Crippen LogP contribution in [0.3, 0.4) is 0 Å². The van der Waals surface area contributed by atoms with E-state index in [9.17, 15) is 4.79 Å². The Morgan fingerprint density at radius 1 is 1.47 bits per heavy atom. The molecule has 1 aromatic rings. The normalized spacial score (nSPS) is 14.5. The Hall–Kier alpha value is -0.970. The molecular formula is C13H16Cl2N2O2. The zero-order valence-electron chi connectivity index (χ0n) is 10.7. The smallest absolute Gasteiger partial charge is 0.254 e. The number of amides is 1. The summed E-state index contributed by atoms with van der Waals surface area (Å²) in [6, 6.07) is 3.43. The molecule has 19 heavy (non-hydrogen) atoms. The molecule has 6 heteroatoms. The number of methoxy groups -OCH3 is 1. The largest absolute Gasteiger partial charge is 0.397 e. The summed E-state index contributed by atoms with van der Waals surface area (Å²) in [6.45, 7) is 1.08. The van der Waals surface area contributed by atoms with Gasteiger partial charge in [-0.2, -0.15) is 0 Å². The van der Waals surface area contributed by atoms with E-state index in [1.54, 1.807) is 19.2 Å². The third kappa shape index (κ3) is 3.32. The second kappa shape index (κ2) is 5.99. The van der Waals surface area contributed by atoms with E-state index in [1.807, 2.05) is 4.90 Å². The molecule has 0 radical (unpaired) electrons. The van der Waals surface area contributed by atoms with Crippen molar-refractivity contribution < 1.29 is 9.53 Å². The van der Waals surface area contributed by atoms with Gasteiger partial charge in [0.1, 0.15) is 0 Å². The lowest BCUT2D eigenvalue weighted by Gasteiger charge is -2.22. The molecule has 1 aromatic carbocycles. The van der Waals surface area contributed by atoms with Crippen LogP contribution in [-0.4, -0.2) is 37.1 Å². The number of hydrogen-bond donors (Lipinski definition) is 1. The predicted octanol–water partition coefficient (Wildman–Crippen LogP) is 2.83. The number of carbonyl (C=O) groups excluding carboxylic acids is 1. The zero-order valence-corrected chi connectivity index (χ0v) is 12.2. The van der Waals surface area contributed by atoms with Crippen LogP contribution in [-0.2, 0) is 4.74 Å². The topological polar surface area (TPSA) is 55.6 Å². The van der Waals surface area contributed by atoms with Crippen molar-refractivity contribution in [1.29, 1.82) is 0 Å². The van der Waals surface area contributed by atoms with Crippen molar-refractivity contribution >= 4 is 34.8 Å². The number of halogens is 2. The minimum Gasteiger partial charge on any atom is -0.397 e. The molecule has 1 saturated carbocycles. The Kier molecular flexibility index (Phi) is 4.55. The molecule has 0 bridgehead atoms. The molecule has 0 aromatic heterocycles. The van der Waals surface area contributed by atoms with Crippen LogP contribution < -0.4 is 5.73 Å². The number of anilines is 1. The number of nitrogens with two attached hydrogens (primary N) is 1. The van der Waals surface area contributed by atoms with Crippen LogP contribution in [0.5, 0.6) is 0 Å². The van der Waals surface area contributed by atoms with Crippen molar-refractivity contribution in [3.05, 3.63) is 27.7 Å². The van der Waals surface area contributed by atoms with E-state index in [0.29, 0.717) is 35.5 Å². The maximum atomic E-state index is 12.5. The van der Waals surface area contributed by atoms with Crippen LogP contribution >= 0.6 is 23.2 Å². The molecule has 104 valence electrons. The molecule has 1 aliphatic carbocycles. The van der Waals surface area contributed by atoms with E-state index in [1.165, 1.54) is 0 Å². The molecule has 0 aliphatic heterocycles. The van der Waals surface area contributed by atoms with E-state index in [-0.39, 0.29) is 10.9 Å². The molecule has 0 atom stereocenters. The Morgan fingerprint density at radius 2 is 2.16 bits per heavy atom. The first-order valence-electron chi connectivity index (χ1n) is 6.09. The number of nitrogen functional groups attached to an aromatic ring is 1. The number of hydrogen-bond acceptors (Lipinski definition) is 3. The Balaban J connectivity index is 2.21. The second-order valence-electron chi connectivity index (χ2n) is 4.58. The van der Waals surface area contributed by atoms with Crippen LogP contribution in [0.4, 0.5) is 5.69 Å². The van der Waals surface area contributed by atoms with Gasteiger partial charge in [0.15, 0.2) is 0 Å². The predicted molar refractivity (Wildman–Crippen MR) is 76.8 cm³/mol. The van der Waals surface area contributed by atoms with E-state index in [4.69, 9.17) is 33.7 Å². The van der Waals surface area contributed by atoms with Gasteiger partial charge in [0.05, 0.1) is 22.3 Å². The van der Waals surface area contributed by atoms with Crippen molar-refractivity contribution in [2.45, 2.75) is 18.9 Å². The summed E-state index contributed by atoms with van der Waals surface area (Å²) in [4.78, 5) is 14.3. The molecular weight excluding hydrogens is 287 g/mol. The molecule has 0 spiro atoms. The first-order valence-corrected chi connectivity index (χ1v) is 6.84. The molecule has 1 amide bonds. The molecule has 1 aliphatic rings. The highest BCUT2D eigenvalue weighted by molar-refractivity contribution is 6.43.